The van der Waals surface area contributed by atoms with Gasteiger partial charge in [-0.1, -0.05) is 169 Å². The number of thioether (sulfide) groups is 1. The van der Waals surface area contributed by atoms with Gasteiger partial charge in [-0.05, 0) is 12.8 Å². The Balaban J connectivity index is 4.37. The van der Waals surface area contributed by atoms with Gasteiger partial charge in [0.15, 0.2) is 0 Å². The first-order valence-corrected chi connectivity index (χ1v) is 20.3. The summed E-state index contributed by atoms with van der Waals surface area (Å²) in [5, 5.41) is 9.03. The predicted molar refractivity (Wildman–Crippen MR) is 193 cm³/mol. The molecule has 4 atom stereocenters. The van der Waals surface area contributed by atoms with Crippen LogP contribution in [0, 0.1) is 11.8 Å². The molecule has 2 N–H and O–H groups in total. The van der Waals surface area contributed by atoms with Crippen molar-refractivity contribution in [3.8, 4) is 0 Å². The van der Waals surface area contributed by atoms with Crippen molar-refractivity contribution in [2.45, 2.75) is 194 Å². The Hall–Kier alpha value is -1.28. The zero-order chi connectivity index (χ0) is 34.3. The minimum absolute atomic E-state index is 0.0406. The highest BCUT2D eigenvalue weighted by Crippen LogP contribution is 2.19. The summed E-state index contributed by atoms with van der Waals surface area (Å²) in [5.74, 6) is -1.85. The molecule has 0 aliphatic rings. The van der Waals surface area contributed by atoms with E-state index in [0.717, 1.165) is 38.5 Å². The topological polar surface area (TPSA) is 114 Å². The van der Waals surface area contributed by atoms with Crippen LogP contribution in [0.25, 0.3) is 0 Å². The Bertz CT molecular complexity index is 736. The van der Waals surface area contributed by atoms with Crippen molar-refractivity contribution in [1.82, 2.24) is 5.73 Å². The molecule has 0 heterocycles. The molecule has 1 radical (unpaired) electrons. The SMILES string of the molecule is CCCCCCCCCCCCCC(C)C(=O)OCC(CSCC([NH])C(=O)O)OC(=O)C(C)CCCCCCCCCCCCC. The average molecular weight is 671 g/mol. The zero-order valence-corrected chi connectivity index (χ0v) is 31.1. The number of carbonyl (C=O) groups is 3. The Morgan fingerprint density at radius 1 is 0.587 bits per heavy atom. The molecule has 0 aromatic heterocycles. The van der Waals surface area contributed by atoms with E-state index in [2.05, 4.69) is 13.8 Å². The molecule has 0 amide bonds. The van der Waals surface area contributed by atoms with Crippen LogP contribution in [0.4, 0.5) is 0 Å². The number of ether oxygens (including phenoxy) is 2. The maximum absolute atomic E-state index is 12.9. The predicted octanol–water partition coefficient (Wildman–Crippen LogP) is 10.6. The molecule has 0 saturated carbocycles. The first-order valence-electron chi connectivity index (χ1n) is 19.1. The smallest absolute Gasteiger partial charge is 0.322 e. The third-order valence-corrected chi connectivity index (χ3v) is 10.0. The molecule has 0 aliphatic carbocycles. The summed E-state index contributed by atoms with van der Waals surface area (Å²) in [6.07, 6.45) is 28.7. The van der Waals surface area contributed by atoms with Crippen LogP contribution < -0.4 is 5.73 Å². The largest absolute Gasteiger partial charge is 0.480 e. The number of carboxylic acid groups (broad SMARTS) is 1. The number of unbranched alkanes of at least 4 members (excludes halogenated alkanes) is 20. The molecule has 0 aromatic carbocycles. The van der Waals surface area contributed by atoms with Crippen LogP contribution >= 0.6 is 11.8 Å². The molecule has 0 aromatic rings. The van der Waals surface area contributed by atoms with E-state index < -0.39 is 18.1 Å². The average Bonchev–Trinajstić information content (AvgIpc) is 3.04. The summed E-state index contributed by atoms with van der Waals surface area (Å²) in [5.41, 5.74) is 7.63. The van der Waals surface area contributed by atoms with Crippen molar-refractivity contribution in [3.05, 3.63) is 0 Å². The van der Waals surface area contributed by atoms with Crippen molar-refractivity contribution in [2.75, 3.05) is 18.1 Å². The first-order chi connectivity index (χ1) is 22.2. The summed E-state index contributed by atoms with van der Waals surface area (Å²) in [4.78, 5) is 36.6. The molecule has 0 aliphatic heterocycles. The van der Waals surface area contributed by atoms with Crippen LogP contribution in [0.5, 0.6) is 0 Å². The fourth-order valence-electron chi connectivity index (χ4n) is 5.57. The molecule has 7 nitrogen and oxygen atoms in total. The number of rotatable bonds is 34. The summed E-state index contributed by atoms with van der Waals surface area (Å²) in [6, 6.07) is -1.24. The van der Waals surface area contributed by atoms with Crippen molar-refractivity contribution >= 4 is 29.7 Å². The third-order valence-electron chi connectivity index (χ3n) is 8.87. The maximum atomic E-state index is 12.9. The molecule has 0 bridgehead atoms. The van der Waals surface area contributed by atoms with Gasteiger partial charge in [-0.25, -0.2) is 5.73 Å². The molecule has 0 fully saturated rings. The Morgan fingerprint density at radius 3 is 1.35 bits per heavy atom. The number of aliphatic carboxylic acids is 1. The van der Waals surface area contributed by atoms with Crippen LogP contribution in [0.2, 0.25) is 0 Å². The standard InChI is InChI=1S/C38H72NO6S/c1-5-7-9-11-13-15-17-19-21-23-25-27-32(3)37(42)44-29-34(30-46-31-35(39)36(40)41)45-38(43)33(4)28-26-24-22-20-18-16-14-12-10-8-6-2/h32-35,39H,5-31H2,1-4H3,(H,40,41). The van der Waals surface area contributed by atoms with Crippen LogP contribution in [0.3, 0.4) is 0 Å². The molecule has 46 heavy (non-hydrogen) atoms. The molecular weight excluding hydrogens is 598 g/mol. The fraction of sp³-hybridized carbons (Fsp3) is 0.921. The summed E-state index contributed by atoms with van der Waals surface area (Å²) in [6.45, 7) is 8.23. The monoisotopic (exact) mass is 671 g/mol. The highest BCUT2D eigenvalue weighted by Gasteiger charge is 2.24. The molecule has 0 saturated heterocycles. The van der Waals surface area contributed by atoms with E-state index >= 15 is 0 Å². The molecule has 0 spiro atoms. The molecule has 271 valence electrons. The first kappa shape index (κ1) is 44.7. The number of carboxylic acids is 1. The number of hydrogen-bond acceptors (Lipinski definition) is 6. The second-order valence-corrected chi connectivity index (χ2v) is 14.6. The lowest BCUT2D eigenvalue weighted by Gasteiger charge is -2.21. The van der Waals surface area contributed by atoms with E-state index in [-0.39, 0.29) is 36.1 Å². The third kappa shape index (κ3) is 27.8. The second kappa shape index (κ2) is 32.3. The Kier molecular flexibility index (Phi) is 31.4. The molecule has 8 heteroatoms. The minimum atomic E-state index is -1.24. The van der Waals surface area contributed by atoms with E-state index in [1.54, 1.807) is 0 Å². The number of hydrogen-bond donors (Lipinski definition) is 1. The van der Waals surface area contributed by atoms with Crippen LogP contribution in [-0.4, -0.2) is 53.3 Å². The van der Waals surface area contributed by atoms with E-state index in [1.165, 1.54) is 127 Å². The number of nitrogens with one attached hydrogen (secondary N) is 1. The number of carbonyl (C=O) groups excluding carboxylic acids is 2. The van der Waals surface area contributed by atoms with Gasteiger partial charge in [0.1, 0.15) is 18.8 Å². The van der Waals surface area contributed by atoms with E-state index in [0.29, 0.717) is 5.75 Å². The fourth-order valence-corrected chi connectivity index (χ4v) is 6.51. The highest BCUT2D eigenvalue weighted by molar-refractivity contribution is 7.99. The molecular formula is C38H72NO6S. The van der Waals surface area contributed by atoms with Gasteiger partial charge < -0.3 is 14.6 Å². The Labute approximate surface area is 287 Å². The van der Waals surface area contributed by atoms with Gasteiger partial charge in [0.05, 0.1) is 11.8 Å². The van der Waals surface area contributed by atoms with E-state index in [9.17, 15) is 14.4 Å². The summed E-state index contributed by atoms with van der Waals surface area (Å²) < 4.78 is 11.3. The minimum Gasteiger partial charge on any atom is -0.480 e. The van der Waals surface area contributed by atoms with Crippen LogP contribution in [0.15, 0.2) is 0 Å². The quantitative estimate of drug-likeness (QED) is 0.0535. The zero-order valence-electron chi connectivity index (χ0n) is 30.3. The summed E-state index contributed by atoms with van der Waals surface area (Å²) in [7, 11) is 0. The summed E-state index contributed by atoms with van der Waals surface area (Å²) >= 11 is 1.24. The van der Waals surface area contributed by atoms with Gasteiger partial charge in [0, 0.05) is 11.5 Å². The van der Waals surface area contributed by atoms with Crippen molar-refractivity contribution < 1.29 is 29.0 Å². The van der Waals surface area contributed by atoms with Gasteiger partial charge >= 0.3 is 17.9 Å². The molecule has 0 rings (SSSR count). The lowest BCUT2D eigenvalue weighted by Crippen LogP contribution is -2.32. The van der Waals surface area contributed by atoms with Gasteiger partial charge in [-0.15, -0.1) is 0 Å². The second-order valence-electron chi connectivity index (χ2n) is 13.6. The normalized spacial score (nSPS) is 14.0. The van der Waals surface area contributed by atoms with Crippen molar-refractivity contribution in [1.29, 1.82) is 0 Å². The lowest BCUT2D eigenvalue weighted by molar-refractivity contribution is -0.162. The van der Waals surface area contributed by atoms with Crippen molar-refractivity contribution in [2.24, 2.45) is 11.8 Å². The van der Waals surface area contributed by atoms with Gasteiger partial charge in [-0.3, -0.25) is 14.4 Å². The lowest BCUT2D eigenvalue weighted by atomic mass is 10.0. The Morgan fingerprint density at radius 2 is 0.957 bits per heavy atom. The molecule has 4 unspecified atom stereocenters. The van der Waals surface area contributed by atoms with E-state index in [1.807, 2.05) is 13.8 Å². The maximum Gasteiger partial charge on any atom is 0.322 e. The van der Waals surface area contributed by atoms with Crippen LogP contribution in [-0.2, 0) is 23.9 Å². The van der Waals surface area contributed by atoms with Crippen LogP contribution in [0.1, 0.15) is 182 Å². The highest BCUT2D eigenvalue weighted by atomic mass is 32.2. The van der Waals surface area contributed by atoms with E-state index in [4.69, 9.17) is 20.3 Å². The van der Waals surface area contributed by atoms with Gasteiger partial charge in [0.2, 0.25) is 0 Å². The van der Waals surface area contributed by atoms with Crippen molar-refractivity contribution in [3.63, 3.8) is 0 Å². The number of esters is 2. The van der Waals surface area contributed by atoms with Gasteiger partial charge in [-0.2, -0.15) is 11.8 Å². The van der Waals surface area contributed by atoms with Gasteiger partial charge in [0.25, 0.3) is 0 Å².